The summed E-state index contributed by atoms with van der Waals surface area (Å²) in [4.78, 5) is 15.5. The van der Waals surface area contributed by atoms with Crippen molar-refractivity contribution in [2.45, 2.75) is 4.90 Å². The van der Waals surface area contributed by atoms with Crippen LogP contribution in [0.3, 0.4) is 0 Å². The van der Waals surface area contributed by atoms with E-state index in [4.69, 9.17) is 4.74 Å². The first-order valence-corrected chi connectivity index (χ1v) is 8.45. The number of hydrogen-bond donors (Lipinski definition) is 0. The van der Waals surface area contributed by atoms with Gasteiger partial charge in [-0.1, -0.05) is 18.2 Å². The van der Waals surface area contributed by atoms with Gasteiger partial charge in [-0.25, -0.2) is 4.31 Å². The number of hydrogen-bond acceptors (Lipinski definition) is 4. The van der Waals surface area contributed by atoms with Crippen molar-refractivity contribution in [3.8, 4) is 5.75 Å². The van der Waals surface area contributed by atoms with Gasteiger partial charge in [0.05, 0.1) is 7.11 Å². The molecule has 1 saturated heterocycles. The average Bonchev–Trinajstić information content (AvgIpc) is 2.63. The van der Waals surface area contributed by atoms with Crippen molar-refractivity contribution in [1.82, 2.24) is 9.21 Å². The summed E-state index contributed by atoms with van der Waals surface area (Å²) in [5.74, 6) is 0.993. The van der Waals surface area contributed by atoms with Crippen LogP contribution >= 0.6 is 11.9 Å². The highest BCUT2D eigenvalue weighted by molar-refractivity contribution is 7.97. The average molecular weight is 328 g/mol. The second kappa shape index (κ2) is 7.53. The molecule has 0 N–H and O–H groups in total. The van der Waals surface area contributed by atoms with E-state index in [1.54, 1.807) is 19.1 Å². The number of methoxy groups -OCH3 is 1. The molecule has 1 aliphatic heterocycles. The van der Waals surface area contributed by atoms with Crippen molar-refractivity contribution >= 4 is 17.9 Å². The Morgan fingerprint density at radius 1 is 0.957 bits per heavy atom. The highest BCUT2D eigenvalue weighted by Gasteiger charge is 2.22. The van der Waals surface area contributed by atoms with Gasteiger partial charge in [-0.15, -0.1) is 0 Å². The lowest BCUT2D eigenvalue weighted by molar-refractivity contribution is 0.0704. The summed E-state index contributed by atoms with van der Waals surface area (Å²) in [5.41, 5.74) is 0.767. The molecule has 1 heterocycles. The summed E-state index contributed by atoms with van der Waals surface area (Å²) in [7, 11) is 1.67. The third-order valence-corrected chi connectivity index (χ3v) is 4.95. The van der Waals surface area contributed by atoms with Crippen molar-refractivity contribution < 1.29 is 9.53 Å². The van der Waals surface area contributed by atoms with Gasteiger partial charge in [0.2, 0.25) is 0 Å². The zero-order valence-corrected chi connectivity index (χ0v) is 14.0. The minimum atomic E-state index is 0.125. The molecule has 0 radical (unpaired) electrons. The van der Waals surface area contributed by atoms with E-state index in [1.165, 1.54) is 4.90 Å². The van der Waals surface area contributed by atoms with Crippen molar-refractivity contribution in [1.29, 1.82) is 0 Å². The van der Waals surface area contributed by atoms with Gasteiger partial charge in [-0.05, 0) is 48.3 Å². The van der Waals surface area contributed by atoms with Gasteiger partial charge in [0.15, 0.2) is 0 Å². The smallest absolute Gasteiger partial charge is 0.253 e. The van der Waals surface area contributed by atoms with E-state index in [2.05, 4.69) is 16.4 Å². The maximum Gasteiger partial charge on any atom is 0.253 e. The fraction of sp³-hybridized carbons (Fsp3) is 0.278. The molecule has 0 saturated carbocycles. The van der Waals surface area contributed by atoms with Crippen LogP contribution in [-0.2, 0) is 0 Å². The van der Waals surface area contributed by atoms with Crippen LogP contribution in [0.25, 0.3) is 0 Å². The number of benzene rings is 2. The molecular formula is C18H20N2O2S. The van der Waals surface area contributed by atoms with Crippen LogP contribution in [0.4, 0.5) is 0 Å². The van der Waals surface area contributed by atoms with Gasteiger partial charge in [-0.2, -0.15) is 0 Å². The number of ether oxygens (including phenoxy) is 1. The summed E-state index contributed by atoms with van der Waals surface area (Å²) >= 11 is 1.73. The second-order valence-electron chi connectivity index (χ2n) is 5.35. The summed E-state index contributed by atoms with van der Waals surface area (Å²) in [6, 6.07) is 17.6. The molecule has 5 heteroatoms. The van der Waals surface area contributed by atoms with Crippen LogP contribution < -0.4 is 4.74 Å². The predicted octanol–water partition coefficient (Wildman–Crippen LogP) is 3.16. The number of carbonyl (C=O) groups excluding carboxylic acids is 1. The van der Waals surface area contributed by atoms with Crippen LogP contribution in [0.2, 0.25) is 0 Å². The van der Waals surface area contributed by atoms with Gasteiger partial charge in [0.1, 0.15) is 5.75 Å². The zero-order chi connectivity index (χ0) is 16.1. The predicted molar refractivity (Wildman–Crippen MR) is 92.8 cm³/mol. The van der Waals surface area contributed by atoms with E-state index in [9.17, 15) is 4.79 Å². The Morgan fingerprint density at radius 3 is 2.22 bits per heavy atom. The number of nitrogens with zero attached hydrogens (tertiary/aromatic N) is 2. The van der Waals surface area contributed by atoms with Crippen LogP contribution in [0.1, 0.15) is 10.4 Å². The maximum absolute atomic E-state index is 12.4. The first-order chi connectivity index (χ1) is 11.3. The van der Waals surface area contributed by atoms with Crippen LogP contribution in [-0.4, -0.2) is 48.4 Å². The maximum atomic E-state index is 12.4. The van der Waals surface area contributed by atoms with Gasteiger partial charge in [0.25, 0.3) is 5.91 Å². The lowest BCUT2D eigenvalue weighted by Crippen LogP contribution is -2.46. The summed E-state index contributed by atoms with van der Waals surface area (Å²) < 4.78 is 7.48. The zero-order valence-electron chi connectivity index (χ0n) is 13.1. The van der Waals surface area contributed by atoms with Crippen molar-refractivity contribution in [2.75, 3.05) is 33.3 Å². The van der Waals surface area contributed by atoms with E-state index in [1.807, 2.05) is 47.4 Å². The standard InChI is InChI=1S/C18H20N2O2S/c1-22-16-7-9-17(10-8-16)23-20-13-11-19(12-14-20)18(21)15-5-3-2-4-6-15/h2-10H,11-14H2,1H3. The summed E-state index contributed by atoms with van der Waals surface area (Å²) in [6.07, 6.45) is 0. The molecular weight excluding hydrogens is 308 g/mol. The van der Waals surface area contributed by atoms with Gasteiger partial charge in [0, 0.05) is 36.6 Å². The lowest BCUT2D eigenvalue weighted by Gasteiger charge is -2.33. The van der Waals surface area contributed by atoms with E-state index < -0.39 is 0 Å². The minimum absolute atomic E-state index is 0.125. The van der Waals surface area contributed by atoms with Gasteiger partial charge < -0.3 is 9.64 Å². The van der Waals surface area contributed by atoms with E-state index in [0.29, 0.717) is 0 Å². The molecule has 0 unspecified atom stereocenters. The fourth-order valence-electron chi connectivity index (χ4n) is 2.53. The highest BCUT2D eigenvalue weighted by Crippen LogP contribution is 2.26. The molecule has 0 aliphatic carbocycles. The molecule has 1 amide bonds. The fourth-order valence-corrected chi connectivity index (χ4v) is 3.43. The molecule has 2 aromatic rings. The second-order valence-corrected chi connectivity index (χ2v) is 6.52. The normalized spacial score (nSPS) is 15.4. The molecule has 120 valence electrons. The third kappa shape index (κ3) is 4.06. The number of carbonyl (C=O) groups is 1. The SMILES string of the molecule is COc1ccc(SN2CCN(C(=O)c3ccccc3)CC2)cc1. The van der Waals surface area contributed by atoms with Gasteiger partial charge in [-0.3, -0.25) is 4.79 Å². The van der Waals surface area contributed by atoms with Gasteiger partial charge >= 0.3 is 0 Å². The third-order valence-electron chi connectivity index (χ3n) is 3.84. The van der Waals surface area contributed by atoms with Crippen LogP contribution in [0.5, 0.6) is 5.75 Å². The van der Waals surface area contributed by atoms with E-state index in [-0.39, 0.29) is 5.91 Å². The number of rotatable bonds is 4. The Kier molecular flexibility index (Phi) is 5.20. The first kappa shape index (κ1) is 15.9. The first-order valence-electron chi connectivity index (χ1n) is 7.67. The Morgan fingerprint density at radius 2 is 1.61 bits per heavy atom. The summed E-state index contributed by atoms with van der Waals surface area (Å²) in [5, 5.41) is 0. The van der Waals surface area contributed by atoms with Crippen LogP contribution in [0.15, 0.2) is 59.5 Å². The van der Waals surface area contributed by atoms with E-state index >= 15 is 0 Å². The largest absolute Gasteiger partial charge is 0.497 e. The molecule has 0 aromatic heterocycles. The molecule has 0 spiro atoms. The monoisotopic (exact) mass is 328 g/mol. The minimum Gasteiger partial charge on any atom is -0.497 e. The Hall–Kier alpha value is -1.98. The molecule has 1 aliphatic rings. The number of amides is 1. The van der Waals surface area contributed by atoms with E-state index in [0.717, 1.165) is 37.5 Å². The highest BCUT2D eigenvalue weighted by atomic mass is 32.2. The molecule has 23 heavy (non-hydrogen) atoms. The Balaban J connectivity index is 1.53. The topological polar surface area (TPSA) is 32.8 Å². The van der Waals surface area contributed by atoms with Crippen LogP contribution in [0, 0.1) is 0 Å². The molecule has 4 nitrogen and oxygen atoms in total. The number of piperazine rings is 1. The molecule has 2 aromatic carbocycles. The van der Waals surface area contributed by atoms with Crippen molar-refractivity contribution in [2.24, 2.45) is 0 Å². The lowest BCUT2D eigenvalue weighted by atomic mass is 10.2. The van der Waals surface area contributed by atoms with Crippen molar-refractivity contribution in [3.63, 3.8) is 0 Å². The van der Waals surface area contributed by atoms with Crippen molar-refractivity contribution in [3.05, 3.63) is 60.2 Å². The molecule has 3 rings (SSSR count). The Bertz CT molecular complexity index is 638. The molecule has 0 bridgehead atoms. The molecule has 0 atom stereocenters. The Labute approximate surface area is 141 Å². The quantitative estimate of drug-likeness (QED) is 0.807. The summed E-state index contributed by atoms with van der Waals surface area (Å²) in [6.45, 7) is 3.26. The molecule has 1 fully saturated rings.